The Kier molecular flexibility index (Phi) is 6.51. The van der Waals surface area contributed by atoms with Crippen molar-refractivity contribution in [3.8, 4) is 0 Å². The first-order valence-corrected chi connectivity index (χ1v) is 7.54. The van der Waals surface area contributed by atoms with E-state index in [1.165, 1.54) is 0 Å². The maximum atomic E-state index is 5.94. The predicted molar refractivity (Wildman–Crippen MR) is 78.4 cm³/mol. The molecule has 1 aliphatic carbocycles. The Morgan fingerprint density at radius 3 is 2.37 bits per heavy atom. The van der Waals surface area contributed by atoms with Crippen LogP contribution in [0.15, 0.2) is 12.2 Å². The highest BCUT2D eigenvalue weighted by Gasteiger charge is 2.37. The van der Waals surface area contributed by atoms with Gasteiger partial charge in [-0.15, -0.1) is 0 Å². The van der Waals surface area contributed by atoms with Crippen LogP contribution in [-0.4, -0.2) is 37.6 Å². The Labute approximate surface area is 118 Å². The molecular formula is C16H30O3. The molecule has 0 aliphatic heterocycles. The lowest BCUT2D eigenvalue weighted by atomic mass is 9.78. The van der Waals surface area contributed by atoms with Crippen LogP contribution in [0.3, 0.4) is 0 Å². The van der Waals surface area contributed by atoms with Crippen molar-refractivity contribution in [1.82, 2.24) is 0 Å². The average molecular weight is 270 g/mol. The van der Waals surface area contributed by atoms with Gasteiger partial charge >= 0.3 is 0 Å². The lowest BCUT2D eigenvalue weighted by Crippen LogP contribution is -2.43. The van der Waals surface area contributed by atoms with Gasteiger partial charge in [-0.2, -0.15) is 0 Å². The van der Waals surface area contributed by atoms with Crippen LogP contribution in [0.4, 0.5) is 0 Å². The molecule has 1 rings (SSSR count). The fourth-order valence-corrected chi connectivity index (χ4v) is 2.77. The van der Waals surface area contributed by atoms with Crippen LogP contribution in [0.2, 0.25) is 0 Å². The van der Waals surface area contributed by atoms with Crippen molar-refractivity contribution < 1.29 is 14.2 Å². The van der Waals surface area contributed by atoms with E-state index in [0.29, 0.717) is 12.5 Å². The van der Waals surface area contributed by atoms with Crippen molar-refractivity contribution in [2.75, 3.05) is 26.4 Å². The molecule has 19 heavy (non-hydrogen) atoms. The van der Waals surface area contributed by atoms with Gasteiger partial charge in [0.15, 0.2) is 0 Å². The molecule has 2 unspecified atom stereocenters. The Balaban J connectivity index is 2.72. The second-order valence-electron chi connectivity index (χ2n) is 5.68. The predicted octanol–water partition coefficient (Wildman–Crippen LogP) is 3.58. The summed E-state index contributed by atoms with van der Waals surface area (Å²) in [5.74, 6) is 0.447. The average Bonchev–Trinajstić information content (AvgIpc) is 2.37. The molecule has 0 fully saturated rings. The normalized spacial score (nSPS) is 27.7. The van der Waals surface area contributed by atoms with Crippen molar-refractivity contribution in [2.45, 2.75) is 58.7 Å². The zero-order chi connectivity index (χ0) is 14.4. The summed E-state index contributed by atoms with van der Waals surface area (Å²) in [6, 6.07) is 0. The number of ether oxygens (including phenoxy) is 3. The van der Waals surface area contributed by atoms with E-state index in [2.05, 4.69) is 26.0 Å². The number of hydrogen-bond acceptors (Lipinski definition) is 3. The summed E-state index contributed by atoms with van der Waals surface area (Å²) < 4.78 is 17.4. The second-order valence-corrected chi connectivity index (χ2v) is 5.68. The molecule has 0 aromatic rings. The molecule has 0 heterocycles. The van der Waals surface area contributed by atoms with E-state index in [4.69, 9.17) is 14.2 Å². The highest BCUT2D eigenvalue weighted by Crippen LogP contribution is 2.36. The fourth-order valence-electron chi connectivity index (χ4n) is 2.77. The summed E-state index contributed by atoms with van der Waals surface area (Å²) in [7, 11) is 0. The van der Waals surface area contributed by atoms with Crippen LogP contribution in [0.1, 0.15) is 47.5 Å². The summed E-state index contributed by atoms with van der Waals surface area (Å²) in [6.45, 7) is 13.3. The van der Waals surface area contributed by atoms with Gasteiger partial charge in [0, 0.05) is 25.7 Å². The summed E-state index contributed by atoms with van der Waals surface area (Å²) >= 11 is 0. The van der Waals surface area contributed by atoms with Crippen molar-refractivity contribution in [1.29, 1.82) is 0 Å². The van der Waals surface area contributed by atoms with Gasteiger partial charge in [-0.3, -0.25) is 0 Å². The van der Waals surface area contributed by atoms with E-state index in [0.717, 1.165) is 32.7 Å². The summed E-state index contributed by atoms with van der Waals surface area (Å²) in [6.07, 6.45) is 6.53. The topological polar surface area (TPSA) is 27.7 Å². The molecule has 2 atom stereocenters. The minimum atomic E-state index is -0.233. The number of hydrogen-bond donors (Lipinski definition) is 0. The van der Waals surface area contributed by atoms with Crippen LogP contribution in [-0.2, 0) is 14.2 Å². The largest absolute Gasteiger partial charge is 0.378 e. The van der Waals surface area contributed by atoms with E-state index in [1.807, 2.05) is 20.8 Å². The first-order chi connectivity index (χ1) is 8.99. The Bertz CT molecular complexity index is 286. The van der Waals surface area contributed by atoms with Crippen LogP contribution < -0.4 is 0 Å². The molecule has 0 radical (unpaired) electrons. The van der Waals surface area contributed by atoms with Gasteiger partial charge in [0.2, 0.25) is 0 Å². The quantitative estimate of drug-likeness (QED) is 0.631. The molecule has 0 aromatic carbocycles. The Morgan fingerprint density at radius 2 is 1.89 bits per heavy atom. The van der Waals surface area contributed by atoms with Gasteiger partial charge in [0.25, 0.3) is 0 Å². The molecule has 0 spiro atoms. The molecule has 0 aromatic heterocycles. The molecule has 0 saturated carbocycles. The molecule has 0 saturated heterocycles. The zero-order valence-electron chi connectivity index (χ0n) is 13.2. The first-order valence-electron chi connectivity index (χ1n) is 7.54. The minimum Gasteiger partial charge on any atom is -0.378 e. The van der Waals surface area contributed by atoms with Gasteiger partial charge in [0.1, 0.15) is 5.60 Å². The molecule has 0 bridgehead atoms. The number of rotatable bonds is 8. The monoisotopic (exact) mass is 270 g/mol. The highest BCUT2D eigenvalue weighted by atomic mass is 16.5. The molecular weight excluding hydrogens is 240 g/mol. The van der Waals surface area contributed by atoms with Gasteiger partial charge < -0.3 is 14.2 Å². The summed E-state index contributed by atoms with van der Waals surface area (Å²) in [4.78, 5) is 0. The summed E-state index contributed by atoms with van der Waals surface area (Å²) in [5, 5.41) is 0. The fraction of sp³-hybridized carbons (Fsp3) is 0.875. The zero-order valence-corrected chi connectivity index (χ0v) is 13.2. The molecule has 0 N–H and O–H groups in total. The standard InChI is InChI=1S/C16H30O3/c1-6-17-13-16(19-8-3)11-9-14(10-12-16)15(4,5)18-7-2/h9,11,14H,6-8,10,12-13H2,1-5H3. The van der Waals surface area contributed by atoms with Crippen molar-refractivity contribution in [2.24, 2.45) is 5.92 Å². The van der Waals surface area contributed by atoms with E-state index < -0.39 is 0 Å². The van der Waals surface area contributed by atoms with Crippen molar-refractivity contribution in [3.05, 3.63) is 12.2 Å². The maximum Gasteiger partial charge on any atom is 0.109 e. The highest BCUT2D eigenvalue weighted by molar-refractivity contribution is 5.12. The van der Waals surface area contributed by atoms with Crippen LogP contribution in [0, 0.1) is 5.92 Å². The minimum absolute atomic E-state index is 0.102. The summed E-state index contributed by atoms with van der Waals surface area (Å²) in [5.41, 5.74) is -0.335. The second kappa shape index (κ2) is 7.41. The lowest BCUT2D eigenvalue weighted by Gasteiger charge is -2.40. The SMILES string of the molecule is CCOCC1(OCC)C=CC(C(C)(C)OCC)CC1. The van der Waals surface area contributed by atoms with Gasteiger partial charge in [0.05, 0.1) is 12.2 Å². The van der Waals surface area contributed by atoms with Crippen LogP contribution in [0.5, 0.6) is 0 Å². The van der Waals surface area contributed by atoms with E-state index in [-0.39, 0.29) is 11.2 Å². The first kappa shape index (κ1) is 16.7. The van der Waals surface area contributed by atoms with E-state index >= 15 is 0 Å². The smallest absolute Gasteiger partial charge is 0.109 e. The molecule has 1 aliphatic rings. The molecule has 3 heteroatoms. The van der Waals surface area contributed by atoms with E-state index in [1.54, 1.807) is 0 Å². The third kappa shape index (κ3) is 4.59. The van der Waals surface area contributed by atoms with Gasteiger partial charge in [-0.05, 0) is 47.5 Å². The Hall–Kier alpha value is -0.380. The third-order valence-electron chi connectivity index (χ3n) is 3.90. The molecule has 0 amide bonds. The van der Waals surface area contributed by atoms with Crippen LogP contribution in [0.25, 0.3) is 0 Å². The van der Waals surface area contributed by atoms with E-state index in [9.17, 15) is 0 Å². The van der Waals surface area contributed by atoms with Crippen LogP contribution >= 0.6 is 0 Å². The molecule has 112 valence electrons. The van der Waals surface area contributed by atoms with Crippen molar-refractivity contribution >= 4 is 0 Å². The lowest BCUT2D eigenvalue weighted by molar-refractivity contribution is -0.0876. The molecule has 3 nitrogen and oxygen atoms in total. The van der Waals surface area contributed by atoms with Gasteiger partial charge in [-0.25, -0.2) is 0 Å². The maximum absolute atomic E-state index is 5.94. The van der Waals surface area contributed by atoms with Gasteiger partial charge in [-0.1, -0.05) is 12.2 Å². The third-order valence-corrected chi connectivity index (χ3v) is 3.90. The Morgan fingerprint density at radius 1 is 1.16 bits per heavy atom. The van der Waals surface area contributed by atoms with Crippen molar-refractivity contribution in [3.63, 3.8) is 0 Å².